The summed E-state index contributed by atoms with van der Waals surface area (Å²) in [5.41, 5.74) is 8.33. The second kappa shape index (κ2) is 4.92. The molecule has 3 nitrogen and oxygen atoms in total. The normalized spacial score (nSPS) is 11.0. The Labute approximate surface area is 106 Å². The molecule has 92 valence electrons. The maximum absolute atomic E-state index is 6.07. The highest BCUT2D eigenvalue weighted by Crippen LogP contribution is 2.33. The van der Waals surface area contributed by atoms with Crippen LogP contribution < -0.4 is 5.73 Å². The van der Waals surface area contributed by atoms with E-state index in [1.54, 1.807) is 4.68 Å². The molecule has 0 fully saturated rings. The fourth-order valence-corrected chi connectivity index (χ4v) is 2.93. The molecule has 0 amide bonds. The summed E-state index contributed by atoms with van der Waals surface area (Å²) in [6, 6.07) is 4.34. The zero-order valence-electron chi connectivity index (χ0n) is 10.7. The smallest absolute Gasteiger partial charge is 0.125 e. The van der Waals surface area contributed by atoms with Crippen molar-refractivity contribution in [1.29, 1.82) is 0 Å². The molecule has 0 saturated heterocycles. The number of aryl methyl sites for hydroxylation is 2. The maximum Gasteiger partial charge on any atom is 0.125 e. The first-order valence-corrected chi connectivity index (χ1v) is 6.89. The molecule has 0 atom stereocenters. The van der Waals surface area contributed by atoms with Crippen molar-refractivity contribution in [3.8, 4) is 10.6 Å². The first-order chi connectivity index (χ1) is 8.17. The van der Waals surface area contributed by atoms with Crippen molar-refractivity contribution < 1.29 is 0 Å². The third-order valence-electron chi connectivity index (χ3n) is 2.94. The van der Waals surface area contributed by atoms with Gasteiger partial charge in [-0.3, -0.25) is 4.68 Å². The predicted molar refractivity (Wildman–Crippen MR) is 74.3 cm³/mol. The molecule has 0 aromatic carbocycles. The van der Waals surface area contributed by atoms with E-state index < -0.39 is 0 Å². The van der Waals surface area contributed by atoms with Crippen molar-refractivity contribution in [3.05, 3.63) is 22.6 Å². The Morgan fingerprint density at radius 3 is 2.71 bits per heavy atom. The maximum atomic E-state index is 6.07. The minimum absolute atomic E-state index is 0.799. The zero-order chi connectivity index (χ0) is 12.4. The monoisotopic (exact) mass is 249 g/mol. The number of anilines is 1. The highest BCUT2D eigenvalue weighted by molar-refractivity contribution is 7.15. The van der Waals surface area contributed by atoms with E-state index in [1.165, 1.54) is 15.3 Å². The van der Waals surface area contributed by atoms with Crippen LogP contribution in [0, 0.1) is 0 Å². The summed E-state index contributed by atoms with van der Waals surface area (Å²) in [7, 11) is 1.91. The summed E-state index contributed by atoms with van der Waals surface area (Å²) in [4.78, 5) is 2.63. The molecule has 17 heavy (non-hydrogen) atoms. The Hall–Kier alpha value is -1.29. The average Bonchev–Trinajstić information content (AvgIpc) is 2.89. The Balaban J connectivity index is 2.46. The van der Waals surface area contributed by atoms with Crippen molar-refractivity contribution in [2.75, 3.05) is 5.73 Å². The number of nitrogens with zero attached hydrogens (tertiary/aromatic N) is 2. The van der Waals surface area contributed by atoms with Gasteiger partial charge >= 0.3 is 0 Å². The largest absolute Gasteiger partial charge is 0.384 e. The Kier molecular flexibility index (Phi) is 3.52. The summed E-state index contributed by atoms with van der Waals surface area (Å²) in [5, 5.41) is 4.55. The van der Waals surface area contributed by atoms with Gasteiger partial charge in [0.25, 0.3) is 0 Å². The summed E-state index contributed by atoms with van der Waals surface area (Å²) in [5.74, 6) is 0.799. The van der Waals surface area contributed by atoms with Crippen LogP contribution in [0.1, 0.15) is 30.7 Å². The van der Waals surface area contributed by atoms with Gasteiger partial charge in [0.2, 0.25) is 0 Å². The molecule has 0 radical (unpaired) electrons. The number of nitrogen functional groups attached to an aromatic ring is 1. The first-order valence-electron chi connectivity index (χ1n) is 6.07. The van der Waals surface area contributed by atoms with E-state index >= 15 is 0 Å². The van der Waals surface area contributed by atoms with E-state index in [-0.39, 0.29) is 0 Å². The quantitative estimate of drug-likeness (QED) is 0.904. The summed E-state index contributed by atoms with van der Waals surface area (Å²) in [6.07, 6.45) is 3.17. The summed E-state index contributed by atoms with van der Waals surface area (Å²) >= 11 is 1.82. The fraction of sp³-hybridized carbons (Fsp3) is 0.462. The van der Waals surface area contributed by atoms with Crippen LogP contribution in [-0.2, 0) is 19.9 Å². The molecule has 2 N–H and O–H groups in total. The van der Waals surface area contributed by atoms with E-state index in [0.717, 1.165) is 30.8 Å². The van der Waals surface area contributed by atoms with Crippen molar-refractivity contribution in [2.45, 2.75) is 33.1 Å². The van der Waals surface area contributed by atoms with Gasteiger partial charge in [0.05, 0.1) is 4.88 Å². The number of rotatable bonds is 4. The molecule has 2 aromatic rings. The SMILES string of the molecule is CCCc1c(-c2ccc(CC)s2)nn(C)c1N. The molecule has 0 aliphatic rings. The van der Waals surface area contributed by atoms with Crippen molar-refractivity contribution in [3.63, 3.8) is 0 Å². The highest BCUT2D eigenvalue weighted by atomic mass is 32.1. The van der Waals surface area contributed by atoms with Crippen LogP contribution >= 0.6 is 11.3 Å². The van der Waals surface area contributed by atoms with Gasteiger partial charge < -0.3 is 5.73 Å². The number of nitrogens with two attached hydrogens (primary N) is 1. The molecular weight excluding hydrogens is 230 g/mol. The molecule has 2 heterocycles. The van der Waals surface area contributed by atoms with E-state index in [2.05, 4.69) is 31.1 Å². The second-order valence-corrected chi connectivity index (χ2v) is 5.37. The Morgan fingerprint density at radius 1 is 1.35 bits per heavy atom. The van der Waals surface area contributed by atoms with Gasteiger partial charge in [-0.25, -0.2) is 0 Å². The molecule has 0 saturated carbocycles. The third-order valence-corrected chi connectivity index (χ3v) is 4.17. The molecule has 0 aliphatic carbocycles. The summed E-state index contributed by atoms with van der Waals surface area (Å²) < 4.78 is 1.78. The first kappa shape index (κ1) is 12.2. The van der Waals surface area contributed by atoms with Gasteiger partial charge in [-0.2, -0.15) is 5.10 Å². The van der Waals surface area contributed by atoms with E-state index in [4.69, 9.17) is 5.73 Å². The average molecular weight is 249 g/mol. The minimum atomic E-state index is 0.799. The van der Waals surface area contributed by atoms with Crippen LogP contribution in [-0.4, -0.2) is 9.78 Å². The van der Waals surface area contributed by atoms with Gasteiger partial charge in [-0.15, -0.1) is 11.3 Å². The molecule has 0 bridgehead atoms. The molecule has 0 spiro atoms. The van der Waals surface area contributed by atoms with Crippen molar-refractivity contribution in [1.82, 2.24) is 9.78 Å². The lowest BCUT2D eigenvalue weighted by Crippen LogP contribution is -1.99. The van der Waals surface area contributed by atoms with Crippen molar-refractivity contribution >= 4 is 17.2 Å². The predicted octanol–water partition coefficient (Wildman–Crippen LogP) is 3.25. The number of thiophene rings is 1. The third kappa shape index (κ3) is 2.22. The molecule has 2 rings (SSSR count). The highest BCUT2D eigenvalue weighted by Gasteiger charge is 2.15. The van der Waals surface area contributed by atoms with Gasteiger partial charge in [0.15, 0.2) is 0 Å². The van der Waals surface area contributed by atoms with Crippen LogP contribution in [0.5, 0.6) is 0 Å². The fourth-order valence-electron chi connectivity index (χ4n) is 1.97. The number of hydrogen-bond donors (Lipinski definition) is 1. The van der Waals surface area contributed by atoms with E-state index in [0.29, 0.717) is 0 Å². The van der Waals surface area contributed by atoms with Gasteiger partial charge in [-0.1, -0.05) is 20.3 Å². The Bertz CT molecular complexity index is 511. The Morgan fingerprint density at radius 2 is 2.12 bits per heavy atom. The van der Waals surface area contributed by atoms with Gasteiger partial charge in [0.1, 0.15) is 11.5 Å². The molecule has 0 aliphatic heterocycles. The van der Waals surface area contributed by atoms with Crippen molar-refractivity contribution in [2.24, 2.45) is 7.05 Å². The zero-order valence-corrected chi connectivity index (χ0v) is 11.5. The van der Waals surface area contributed by atoms with Crippen LogP contribution in [0.3, 0.4) is 0 Å². The van der Waals surface area contributed by atoms with Crippen LogP contribution in [0.4, 0.5) is 5.82 Å². The lowest BCUT2D eigenvalue weighted by molar-refractivity contribution is 0.781. The molecule has 2 aromatic heterocycles. The van der Waals surface area contributed by atoms with Crippen LogP contribution in [0.25, 0.3) is 10.6 Å². The topological polar surface area (TPSA) is 43.8 Å². The lowest BCUT2D eigenvalue weighted by Gasteiger charge is -1.99. The molecular formula is C13H19N3S. The van der Waals surface area contributed by atoms with Gasteiger partial charge in [-0.05, 0) is 25.0 Å². The summed E-state index contributed by atoms with van der Waals surface area (Å²) in [6.45, 7) is 4.34. The van der Waals surface area contributed by atoms with Gasteiger partial charge in [0, 0.05) is 17.5 Å². The lowest BCUT2D eigenvalue weighted by atomic mass is 10.1. The molecule has 0 unspecified atom stereocenters. The van der Waals surface area contributed by atoms with Crippen LogP contribution in [0.15, 0.2) is 12.1 Å². The number of aromatic nitrogens is 2. The minimum Gasteiger partial charge on any atom is -0.384 e. The van der Waals surface area contributed by atoms with E-state index in [9.17, 15) is 0 Å². The number of hydrogen-bond acceptors (Lipinski definition) is 3. The second-order valence-electron chi connectivity index (χ2n) is 4.21. The van der Waals surface area contributed by atoms with E-state index in [1.807, 2.05) is 18.4 Å². The van der Waals surface area contributed by atoms with Crippen LogP contribution in [0.2, 0.25) is 0 Å². The molecule has 4 heteroatoms. The standard InChI is InChI=1S/C13H19N3S/c1-4-6-10-12(15-16(3)13(10)14)11-8-7-9(5-2)17-11/h7-8H,4-6,14H2,1-3H3.